The second-order valence-electron chi connectivity index (χ2n) is 22.6. The van der Waals surface area contributed by atoms with Gasteiger partial charge in [0.15, 0.2) is 0 Å². The number of ether oxygens (including phenoxy) is 2. The highest BCUT2D eigenvalue weighted by molar-refractivity contribution is 7.13. The molecule has 3 aliphatic heterocycles. The van der Waals surface area contributed by atoms with Gasteiger partial charge in [-0.1, -0.05) is 116 Å². The van der Waals surface area contributed by atoms with E-state index in [1.165, 1.54) is 22.3 Å². The lowest BCUT2D eigenvalue weighted by Crippen LogP contribution is -2.41. The van der Waals surface area contributed by atoms with Crippen LogP contribution in [0.3, 0.4) is 0 Å². The Morgan fingerprint density at radius 2 is 1.04 bits per heavy atom. The number of aromatic nitrogens is 1. The maximum atomic E-state index is 12.9. The van der Waals surface area contributed by atoms with E-state index in [2.05, 4.69) is 107 Å². The van der Waals surface area contributed by atoms with Gasteiger partial charge in [-0.05, 0) is 163 Å². The van der Waals surface area contributed by atoms with E-state index < -0.39 is 0 Å². The van der Waals surface area contributed by atoms with Gasteiger partial charge in [-0.15, -0.1) is 11.3 Å². The third kappa shape index (κ3) is 17.3. The van der Waals surface area contributed by atoms with Crippen molar-refractivity contribution in [1.82, 2.24) is 35.6 Å². The van der Waals surface area contributed by atoms with E-state index >= 15 is 0 Å². The van der Waals surface area contributed by atoms with Crippen LogP contribution < -0.4 is 25.4 Å². The molecule has 0 bridgehead atoms. The molecule has 14 heteroatoms. The maximum Gasteiger partial charge on any atom is 0.227 e. The molecule has 3 amide bonds. The summed E-state index contributed by atoms with van der Waals surface area (Å²) in [4.78, 5) is 49.4. The Balaban J connectivity index is 0.000000161. The number of amides is 3. The maximum absolute atomic E-state index is 12.9. The highest BCUT2D eigenvalue weighted by Crippen LogP contribution is 2.35. The predicted molar refractivity (Wildman–Crippen MR) is 327 cm³/mol. The summed E-state index contributed by atoms with van der Waals surface area (Å²) >= 11 is 7.59. The van der Waals surface area contributed by atoms with Gasteiger partial charge in [0.1, 0.15) is 28.0 Å². The quantitative estimate of drug-likeness (QED) is 0.0725. The summed E-state index contributed by atoms with van der Waals surface area (Å²) in [6.07, 6.45) is 3.64. The molecule has 3 aliphatic rings. The molecule has 3 unspecified atom stereocenters. The number of carbonyl (C=O) groups is 3. The van der Waals surface area contributed by atoms with Crippen LogP contribution in [0, 0.1) is 23.2 Å². The van der Waals surface area contributed by atoms with Crippen LogP contribution in [0.1, 0.15) is 88.2 Å². The molecule has 3 atom stereocenters. The van der Waals surface area contributed by atoms with Gasteiger partial charge in [0, 0.05) is 74.9 Å². The van der Waals surface area contributed by atoms with Crippen molar-refractivity contribution >= 4 is 40.7 Å². The minimum atomic E-state index is -0.360. The Morgan fingerprint density at radius 1 is 0.568 bits per heavy atom. The normalized spacial score (nSPS) is 19.8. The summed E-state index contributed by atoms with van der Waals surface area (Å²) in [6, 6.07) is 52.0. The first-order chi connectivity index (χ1) is 39.1. The second kappa shape index (κ2) is 28.7. The number of rotatable bonds is 19. The highest BCUT2D eigenvalue weighted by Gasteiger charge is 2.42. The van der Waals surface area contributed by atoms with E-state index in [9.17, 15) is 14.4 Å². The minimum absolute atomic E-state index is 0.138. The van der Waals surface area contributed by atoms with Crippen molar-refractivity contribution in [2.45, 2.75) is 93.4 Å². The van der Waals surface area contributed by atoms with Crippen LogP contribution in [-0.2, 0) is 40.6 Å². The standard InChI is InChI=1S/C27H30N2O2.C21H26N2O2.C19H24ClN3OS/c1-21-9-6-7-11-23(21)18-28-26(30)27(2)15-16-29(20-27)19-22-10-8-14-25(17-22)31-24-12-4-3-5-13-24;1-3-22-20(24)21(2)12-13-23(16-21)15-17-8-7-11-19(14-17)25-18-9-5-4-6-10-18;1-3-9-21-18(24)19(2)8-10-23(13-19)11-16-12-25-17(22-16)14-4-6-15(20)7-5-14/h3-14,17H,15-16,18-20H2,1-2H3,(H,28,30);4-11,14H,3,12-13,15-16H2,1-2H3,(H,22,24);4-7,12H,3,8-11,13H2,1-2H3,(H,21,24). The number of nitrogens with zero attached hydrogens (tertiary/aromatic N) is 4. The van der Waals surface area contributed by atoms with Gasteiger partial charge in [0.25, 0.3) is 0 Å². The first-order valence-electron chi connectivity index (χ1n) is 28.5. The van der Waals surface area contributed by atoms with Gasteiger partial charge in [-0.2, -0.15) is 0 Å². The monoisotopic (exact) mass is 1130 g/mol. The summed E-state index contributed by atoms with van der Waals surface area (Å²) in [7, 11) is 0. The topological polar surface area (TPSA) is 128 Å². The molecule has 81 heavy (non-hydrogen) atoms. The number of likely N-dealkylation sites (tertiary alicyclic amines) is 3. The molecule has 4 heterocycles. The summed E-state index contributed by atoms with van der Waals surface area (Å²) in [5.41, 5.74) is 5.99. The zero-order valence-electron chi connectivity index (χ0n) is 48.0. The van der Waals surface area contributed by atoms with E-state index in [0.29, 0.717) is 13.1 Å². The minimum Gasteiger partial charge on any atom is -0.457 e. The molecule has 3 fully saturated rings. The number of hydrogen-bond donors (Lipinski definition) is 3. The summed E-state index contributed by atoms with van der Waals surface area (Å²) in [5.74, 6) is 3.83. The smallest absolute Gasteiger partial charge is 0.227 e. The number of hydrogen-bond acceptors (Lipinski definition) is 10. The van der Waals surface area contributed by atoms with Crippen LogP contribution >= 0.6 is 22.9 Å². The SMILES string of the molecule is CCCNC(=O)C1(C)CCN(Cc2csc(-c3ccc(Cl)cc3)n2)C1.CCNC(=O)C1(C)CCN(Cc2cccc(Oc3ccccc3)c2)C1.Cc1ccccc1CNC(=O)C1(C)CCN(Cc2cccc(Oc3ccccc3)c2)C1. The van der Waals surface area contributed by atoms with Crippen molar-refractivity contribution in [2.75, 3.05) is 52.4 Å². The largest absolute Gasteiger partial charge is 0.457 e. The molecule has 3 N–H and O–H groups in total. The number of halogens is 1. The number of benzene rings is 6. The van der Waals surface area contributed by atoms with Crippen molar-refractivity contribution in [1.29, 1.82) is 0 Å². The van der Waals surface area contributed by atoms with Gasteiger partial charge in [-0.25, -0.2) is 4.98 Å². The summed E-state index contributed by atoms with van der Waals surface area (Å²) in [5, 5.41) is 13.0. The van der Waals surface area contributed by atoms with E-state index in [-0.39, 0.29) is 34.0 Å². The fraction of sp³-hybridized carbons (Fsp3) is 0.373. The van der Waals surface area contributed by atoms with Crippen molar-refractivity contribution in [3.05, 3.63) is 196 Å². The number of para-hydroxylation sites is 2. The molecular weight excluding hydrogens is 1050 g/mol. The molecule has 6 aromatic carbocycles. The van der Waals surface area contributed by atoms with E-state index in [1.54, 1.807) is 11.3 Å². The van der Waals surface area contributed by atoms with Gasteiger partial charge in [-0.3, -0.25) is 29.1 Å². The molecule has 3 saturated heterocycles. The van der Waals surface area contributed by atoms with Crippen LogP contribution in [0.15, 0.2) is 163 Å². The van der Waals surface area contributed by atoms with Crippen molar-refractivity contribution in [3.63, 3.8) is 0 Å². The third-order valence-electron chi connectivity index (χ3n) is 15.5. The van der Waals surface area contributed by atoms with Gasteiger partial charge in [0.05, 0.1) is 21.9 Å². The Bertz CT molecular complexity index is 3140. The van der Waals surface area contributed by atoms with E-state index in [1.807, 2.05) is 128 Å². The molecule has 0 spiro atoms. The fourth-order valence-electron chi connectivity index (χ4n) is 10.7. The molecular formula is C67H80ClN7O5S. The third-order valence-corrected chi connectivity index (χ3v) is 16.7. The van der Waals surface area contributed by atoms with Crippen LogP contribution in [-0.4, -0.2) is 89.8 Å². The van der Waals surface area contributed by atoms with E-state index in [0.717, 1.165) is 135 Å². The van der Waals surface area contributed by atoms with Crippen LogP contribution in [0.5, 0.6) is 23.0 Å². The molecule has 0 radical (unpaired) electrons. The Labute approximate surface area is 489 Å². The molecule has 0 aliphatic carbocycles. The molecule has 12 nitrogen and oxygen atoms in total. The molecule has 426 valence electrons. The number of aryl methyl sites for hydroxylation is 1. The highest BCUT2D eigenvalue weighted by atomic mass is 35.5. The Hall–Kier alpha value is -6.87. The first-order valence-corrected chi connectivity index (χ1v) is 29.8. The number of thiazole rings is 1. The van der Waals surface area contributed by atoms with Crippen LogP contribution in [0.4, 0.5) is 0 Å². The van der Waals surface area contributed by atoms with Gasteiger partial charge in [0.2, 0.25) is 17.7 Å². The molecule has 10 rings (SSSR count). The molecule has 0 saturated carbocycles. The molecule has 1 aromatic heterocycles. The molecule has 7 aromatic rings. The summed E-state index contributed by atoms with van der Waals surface area (Å²) in [6.45, 7) is 21.9. The van der Waals surface area contributed by atoms with Crippen molar-refractivity contribution in [2.24, 2.45) is 16.2 Å². The first kappa shape index (κ1) is 60.2. The average molecular weight is 1130 g/mol. The average Bonchev–Trinajstić information content (AvgIpc) is 4.30. The number of carbonyl (C=O) groups excluding carboxylic acids is 3. The van der Waals surface area contributed by atoms with Crippen LogP contribution in [0.2, 0.25) is 5.02 Å². The summed E-state index contributed by atoms with van der Waals surface area (Å²) < 4.78 is 11.9. The zero-order valence-corrected chi connectivity index (χ0v) is 49.6. The van der Waals surface area contributed by atoms with Crippen LogP contribution in [0.25, 0.3) is 10.6 Å². The lowest BCUT2D eigenvalue weighted by atomic mass is 9.88. The predicted octanol–water partition coefficient (Wildman–Crippen LogP) is 13.3. The Morgan fingerprint density at radius 3 is 1.54 bits per heavy atom. The lowest BCUT2D eigenvalue weighted by molar-refractivity contribution is -0.130. The Kier molecular flexibility index (Phi) is 21.3. The second-order valence-corrected chi connectivity index (χ2v) is 23.9. The van der Waals surface area contributed by atoms with Crippen molar-refractivity contribution in [3.8, 4) is 33.6 Å². The van der Waals surface area contributed by atoms with Crippen molar-refractivity contribution < 1.29 is 23.9 Å². The fourth-order valence-corrected chi connectivity index (χ4v) is 11.6. The van der Waals surface area contributed by atoms with Gasteiger partial charge < -0.3 is 25.4 Å². The lowest BCUT2D eigenvalue weighted by Gasteiger charge is -2.24. The number of nitrogens with one attached hydrogen (secondary N) is 3. The zero-order chi connectivity index (χ0) is 57.2. The van der Waals surface area contributed by atoms with Gasteiger partial charge >= 0.3 is 0 Å². The van der Waals surface area contributed by atoms with E-state index in [4.69, 9.17) is 26.1 Å².